The minimum atomic E-state index is -2.87. The first-order chi connectivity index (χ1) is 18.8. The molecule has 0 saturated carbocycles. The number of ether oxygens (including phenoxy) is 1. The molecule has 9 heteroatoms. The zero-order valence-electron chi connectivity index (χ0n) is 21.7. The molecule has 8 nitrogen and oxygen atoms in total. The van der Waals surface area contributed by atoms with E-state index < -0.39 is 36.3 Å². The highest BCUT2D eigenvalue weighted by atomic mass is 31.2. The molecular weight excluding hydrogens is 513 g/mol. The van der Waals surface area contributed by atoms with Crippen LogP contribution in [0.4, 0.5) is 0 Å². The number of hydrogen-bond donors (Lipinski definition) is 0. The summed E-state index contributed by atoms with van der Waals surface area (Å²) in [6.45, 7) is 1.61. The lowest BCUT2D eigenvalue weighted by atomic mass is 9.95. The van der Waals surface area contributed by atoms with Gasteiger partial charge in [-0.3, -0.25) is 24.2 Å². The minimum Gasteiger partial charge on any atom is -0.462 e. The highest BCUT2D eigenvalue weighted by Gasteiger charge is 2.49. The summed E-state index contributed by atoms with van der Waals surface area (Å²) in [5, 5.41) is 2.73. The summed E-state index contributed by atoms with van der Waals surface area (Å²) in [4.78, 5) is 55.2. The Morgan fingerprint density at radius 3 is 1.56 bits per heavy atom. The molecule has 2 heterocycles. The number of fused-ring (bicyclic) bond motifs is 1. The average molecular weight is 540 g/mol. The van der Waals surface area contributed by atoms with Gasteiger partial charge in [-0.2, -0.15) is 0 Å². The Balaban J connectivity index is 1.96. The second-order valence-corrected chi connectivity index (χ2v) is 12.0. The fourth-order valence-corrected chi connectivity index (χ4v) is 8.39. The molecule has 196 valence electrons. The van der Waals surface area contributed by atoms with Crippen LogP contribution >= 0.6 is 7.05 Å². The van der Waals surface area contributed by atoms with Crippen LogP contribution in [0.3, 0.4) is 0 Å². The van der Waals surface area contributed by atoms with Crippen LogP contribution in [0.2, 0.25) is 0 Å². The van der Waals surface area contributed by atoms with Gasteiger partial charge >= 0.3 is 5.97 Å². The predicted octanol–water partition coefficient (Wildman–Crippen LogP) is 2.71. The smallest absolute Gasteiger partial charge is 0.344 e. The van der Waals surface area contributed by atoms with Crippen molar-refractivity contribution in [3.63, 3.8) is 0 Å². The monoisotopic (exact) mass is 539 g/mol. The van der Waals surface area contributed by atoms with Crippen LogP contribution in [0.1, 0.15) is 6.92 Å². The zero-order chi connectivity index (χ0) is 27.7. The van der Waals surface area contributed by atoms with Crippen molar-refractivity contribution >= 4 is 46.7 Å². The maximum atomic E-state index is 13.6. The lowest BCUT2D eigenvalue weighted by Gasteiger charge is -2.28. The molecule has 0 spiro atoms. The van der Waals surface area contributed by atoms with E-state index in [4.69, 9.17) is 9.48 Å². The molecule has 0 unspecified atom stereocenters. The van der Waals surface area contributed by atoms with Crippen molar-refractivity contribution in [2.45, 2.75) is 6.92 Å². The number of nitrogens with zero attached hydrogens (tertiary/aromatic N) is 3. The highest BCUT2D eigenvalue weighted by molar-refractivity contribution is 7.87. The topological polar surface area (TPSA) is 96.3 Å². The van der Waals surface area contributed by atoms with Crippen LogP contribution in [0.25, 0.3) is 0 Å². The van der Waals surface area contributed by atoms with Crippen molar-refractivity contribution in [1.82, 2.24) is 9.80 Å². The van der Waals surface area contributed by atoms with E-state index in [0.29, 0.717) is 0 Å². The Morgan fingerprint density at radius 2 is 1.13 bits per heavy atom. The van der Waals surface area contributed by atoms with Crippen LogP contribution in [0.5, 0.6) is 0 Å². The minimum absolute atomic E-state index is 0.00548. The number of benzene rings is 3. The van der Waals surface area contributed by atoms with Gasteiger partial charge in [0.05, 0.1) is 24.8 Å². The van der Waals surface area contributed by atoms with Crippen molar-refractivity contribution in [3.8, 4) is 0 Å². The van der Waals surface area contributed by atoms with Gasteiger partial charge in [0.1, 0.15) is 11.4 Å². The summed E-state index contributed by atoms with van der Waals surface area (Å²) in [5.41, 5.74) is -0.811. The molecule has 3 aromatic carbocycles. The zero-order valence-corrected chi connectivity index (χ0v) is 22.6. The molecule has 0 bridgehead atoms. The molecule has 0 atom stereocenters. The second-order valence-electron chi connectivity index (χ2n) is 8.94. The largest absolute Gasteiger partial charge is 0.462 e. The van der Waals surface area contributed by atoms with Gasteiger partial charge in [0.25, 0.3) is 17.7 Å². The van der Waals surface area contributed by atoms with Crippen LogP contribution in [-0.4, -0.2) is 54.2 Å². The molecule has 5 rings (SSSR count). The van der Waals surface area contributed by atoms with Crippen LogP contribution < -0.4 is 15.9 Å². The van der Waals surface area contributed by atoms with E-state index in [0.717, 1.165) is 20.8 Å². The standard InChI is InChI=1S/C30H26N3O5P/c1-4-38-30(37)25-23-24(28(35)33(3)29(25)36)26(32(2)27(23)34)31-39(20-14-8-5-9-15-20,21-16-10-6-11-17-21)22-18-12-7-13-19-22/h5-19H,4H2,1-3H3. The molecule has 2 aliphatic rings. The van der Waals surface area contributed by atoms with Crippen LogP contribution in [0, 0.1) is 0 Å². The fraction of sp³-hybridized carbons (Fsp3) is 0.133. The molecule has 2 aliphatic heterocycles. The summed E-state index contributed by atoms with van der Waals surface area (Å²) < 4.78 is 10.4. The Bertz CT molecular complexity index is 1510. The van der Waals surface area contributed by atoms with E-state index in [2.05, 4.69) is 0 Å². The quantitative estimate of drug-likeness (QED) is 0.208. The van der Waals surface area contributed by atoms with Crippen molar-refractivity contribution in [2.75, 3.05) is 20.7 Å². The van der Waals surface area contributed by atoms with Gasteiger partial charge in [0.2, 0.25) is 0 Å². The number of imide groups is 1. The molecule has 3 aromatic rings. The number of likely N-dealkylation sites (N-methyl/N-ethyl adjacent to an activating group) is 2. The Labute approximate surface area is 226 Å². The summed E-state index contributed by atoms with van der Waals surface area (Å²) >= 11 is 0. The molecule has 0 aromatic heterocycles. The van der Waals surface area contributed by atoms with Crippen LogP contribution in [-0.2, 0) is 23.9 Å². The van der Waals surface area contributed by atoms with Crippen LogP contribution in [0.15, 0.2) is 118 Å². The first-order valence-corrected chi connectivity index (χ1v) is 14.1. The van der Waals surface area contributed by atoms with E-state index in [1.165, 1.54) is 19.0 Å². The molecule has 3 amide bonds. The Morgan fingerprint density at radius 1 is 0.692 bits per heavy atom. The van der Waals surface area contributed by atoms with Gasteiger partial charge in [-0.1, -0.05) is 91.0 Å². The predicted molar refractivity (Wildman–Crippen MR) is 149 cm³/mol. The summed E-state index contributed by atoms with van der Waals surface area (Å²) in [6, 6.07) is 29.2. The second kappa shape index (κ2) is 10.3. The molecule has 0 radical (unpaired) electrons. The van der Waals surface area contributed by atoms with E-state index >= 15 is 0 Å². The molecule has 0 fully saturated rings. The fourth-order valence-electron chi connectivity index (χ4n) is 4.82. The molecule has 0 N–H and O–H groups in total. The number of carbonyl (C=O) groups is 4. The van der Waals surface area contributed by atoms with E-state index in [1.54, 1.807) is 6.92 Å². The van der Waals surface area contributed by atoms with E-state index in [-0.39, 0.29) is 23.6 Å². The van der Waals surface area contributed by atoms with Gasteiger partial charge in [-0.15, -0.1) is 0 Å². The SMILES string of the molecule is CCOC(=O)C1=C2C(=O)N(C)C(N=P(c3ccccc3)(c3ccccc3)c3ccccc3)=C2C(=O)N(C)C1=O. The molecule has 0 aliphatic carbocycles. The lowest BCUT2D eigenvalue weighted by molar-refractivity contribution is -0.145. The first kappa shape index (κ1) is 26.1. The molecule has 39 heavy (non-hydrogen) atoms. The number of amides is 3. The summed E-state index contributed by atoms with van der Waals surface area (Å²) in [6.07, 6.45) is 0. The molecule has 0 saturated heterocycles. The van der Waals surface area contributed by atoms with Crippen molar-refractivity contribution in [3.05, 3.63) is 114 Å². The van der Waals surface area contributed by atoms with Gasteiger partial charge in [-0.25, -0.2) is 9.54 Å². The number of esters is 1. The lowest BCUT2D eigenvalue weighted by Crippen LogP contribution is -2.43. The van der Waals surface area contributed by atoms with E-state index in [9.17, 15) is 19.2 Å². The first-order valence-electron chi connectivity index (χ1n) is 12.4. The van der Waals surface area contributed by atoms with Crippen molar-refractivity contribution in [1.29, 1.82) is 0 Å². The Hall–Kier alpha value is -4.55. The highest BCUT2D eigenvalue weighted by Crippen LogP contribution is 2.50. The summed E-state index contributed by atoms with van der Waals surface area (Å²) in [7, 11) is -0.0931. The third-order valence-electron chi connectivity index (χ3n) is 6.71. The maximum absolute atomic E-state index is 13.6. The third kappa shape index (κ3) is 4.14. The summed E-state index contributed by atoms with van der Waals surface area (Å²) in [5.74, 6) is -3.09. The van der Waals surface area contributed by atoms with E-state index in [1.807, 2.05) is 91.0 Å². The van der Waals surface area contributed by atoms with Gasteiger partial charge in [0, 0.05) is 30.0 Å². The Kier molecular flexibility index (Phi) is 6.89. The number of rotatable bonds is 6. The maximum Gasteiger partial charge on any atom is 0.344 e. The van der Waals surface area contributed by atoms with Gasteiger partial charge in [-0.05, 0) is 6.92 Å². The molecular formula is C30H26N3O5P. The third-order valence-corrected chi connectivity index (χ3v) is 10.3. The van der Waals surface area contributed by atoms with Gasteiger partial charge < -0.3 is 4.74 Å². The normalized spacial score (nSPS) is 15.6. The number of hydrogen-bond acceptors (Lipinski definition) is 6. The van der Waals surface area contributed by atoms with Crippen molar-refractivity contribution < 1.29 is 23.9 Å². The average Bonchev–Trinajstić information content (AvgIpc) is 3.21. The van der Waals surface area contributed by atoms with Crippen molar-refractivity contribution in [2.24, 2.45) is 4.74 Å². The van der Waals surface area contributed by atoms with Gasteiger partial charge in [0.15, 0.2) is 0 Å². The number of carbonyl (C=O) groups excluding carboxylic acids is 4.